The highest BCUT2D eigenvalue weighted by atomic mass is 16.5. The van der Waals surface area contributed by atoms with Crippen LogP contribution in [0.1, 0.15) is 24.0 Å². The van der Waals surface area contributed by atoms with Crippen molar-refractivity contribution in [2.45, 2.75) is 26.2 Å². The van der Waals surface area contributed by atoms with E-state index in [2.05, 4.69) is 41.1 Å². The minimum Gasteiger partial charge on any atom is -0.449 e. The van der Waals surface area contributed by atoms with Gasteiger partial charge >= 0.3 is 6.09 Å². The van der Waals surface area contributed by atoms with Gasteiger partial charge in [-0.25, -0.2) is 4.79 Å². The quantitative estimate of drug-likeness (QED) is 0.509. The van der Waals surface area contributed by atoms with Crippen LogP contribution < -0.4 is 16.0 Å². The summed E-state index contributed by atoms with van der Waals surface area (Å²) in [5, 5.41) is 8.32. The summed E-state index contributed by atoms with van der Waals surface area (Å²) >= 11 is 0. The molecule has 6 heteroatoms. The van der Waals surface area contributed by atoms with Gasteiger partial charge in [0.15, 0.2) is 0 Å². The Morgan fingerprint density at radius 2 is 1.59 bits per heavy atom. The molecule has 3 N–H and O–H groups in total. The number of ether oxygens (including phenoxy) is 1. The first-order valence-electron chi connectivity index (χ1n) is 10.1. The monoisotopic (exact) mass is 397 g/mol. The van der Waals surface area contributed by atoms with E-state index in [-0.39, 0.29) is 19.1 Å². The lowest BCUT2D eigenvalue weighted by atomic mass is 9.95. The molecule has 0 spiro atoms. The summed E-state index contributed by atoms with van der Waals surface area (Å²) in [6.45, 7) is 3.78. The number of carbonyl (C=O) groups excluding carboxylic acids is 2. The van der Waals surface area contributed by atoms with Gasteiger partial charge in [0.25, 0.3) is 0 Å². The molecule has 0 heterocycles. The molecule has 0 radical (unpaired) electrons. The van der Waals surface area contributed by atoms with Crippen molar-refractivity contribution in [3.05, 3.63) is 59.7 Å². The largest absolute Gasteiger partial charge is 0.449 e. The van der Waals surface area contributed by atoms with Crippen molar-refractivity contribution in [3.63, 3.8) is 0 Å². The molecule has 0 fully saturated rings. The van der Waals surface area contributed by atoms with E-state index in [9.17, 15) is 9.59 Å². The van der Waals surface area contributed by atoms with Gasteiger partial charge in [0, 0.05) is 13.0 Å². The van der Waals surface area contributed by atoms with E-state index in [1.54, 1.807) is 0 Å². The molecule has 2 aromatic carbocycles. The van der Waals surface area contributed by atoms with Crippen LogP contribution in [0.3, 0.4) is 0 Å². The maximum atomic E-state index is 11.8. The maximum absolute atomic E-state index is 11.8. The summed E-state index contributed by atoms with van der Waals surface area (Å²) in [6, 6.07) is 16.3. The molecular formula is C23H31N3O3. The Balaban J connectivity index is 1.73. The first-order chi connectivity index (χ1) is 14.1. The summed E-state index contributed by atoms with van der Waals surface area (Å²) in [4.78, 5) is 23.6. The van der Waals surface area contributed by atoms with Gasteiger partial charge in [-0.1, -0.05) is 48.5 Å². The summed E-state index contributed by atoms with van der Waals surface area (Å²) < 4.78 is 5.24. The third-order valence-corrected chi connectivity index (χ3v) is 4.63. The van der Waals surface area contributed by atoms with E-state index in [0.29, 0.717) is 13.0 Å². The van der Waals surface area contributed by atoms with Crippen molar-refractivity contribution in [1.82, 2.24) is 16.0 Å². The van der Waals surface area contributed by atoms with Crippen LogP contribution in [0.4, 0.5) is 4.79 Å². The number of hydrogen-bond donors (Lipinski definition) is 3. The molecule has 0 aliphatic rings. The van der Waals surface area contributed by atoms with Crippen LogP contribution in [0.2, 0.25) is 0 Å². The topological polar surface area (TPSA) is 79.5 Å². The van der Waals surface area contributed by atoms with Crippen molar-refractivity contribution in [3.8, 4) is 11.1 Å². The number of nitrogens with one attached hydrogen (secondary N) is 3. The van der Waals surface area contributed by atoms with Gasteiger partial charge in [-0.2, -0.15) is 0 Å². The normalized spacial score (nSPS) is 10.4. The molecule has 0 aliphatic carbocycles. The molecule has 29 heavy (non-hydrogen) atoms. The Bertz CT molecular complexity index is 792. The third-order valence-electron chi connectivity index (χ3n) is 4.63. The number of carbonyl (C=O) groups is 2. The summed E-state index contributed by atoms with van der Waals surface area (Å²) in [5.41, 5.74) is 4.65. The Hall–Kier alpha value is -2.86. The highest BCUT2D eigenvalue weighted by Crippen LogP contribution is 2.26. The number of amides is 2. The maximum Gasteiger partial charge on any atom is 0.407 e. The fourth-order valence-corrected chi connectivity index (χ4v) is 3.05. The van der Waals surface area contributed by atoms with Crippen molar-refractivity contribution in [1.29, 1.82) is 0 Å². The average Bonchev–Trinajstić information content (AvgIpc) is 2.73. The van der Waals surface area contributed by atoms with Gasteiger partial charge in [-0.3, -0.25) is 4.79 Å². The van der Waals surface area contributed by atoms with Crippen LogP contribution in [0.15, 0.2) is 48.5 Å². The van der Waals surface area contributed by atoms with Crippen LogP contribution in [0.5, 0.6) is 0 Å². The zero-order chi connectivity index (χ0) is 20.9. The van der Waals surface area contributed by atoms with E-state index in [4.69, 9.17) is 4.74 Å². The first-order valence-corrected chi connectivity index (χ1v) is 10.1. The standard InChI is InChI=1S/C23H31N3O3/c1-18-9-3-5-11-20(18)21-12-6-4-10-19(21)13-16-29-23(28)26-17-22(27)25-15-8-7-14-24-2/h3-6,9-12,24H,7-8,13-17H2,1-2H3,(H,25,27)(H,26,28). The minimum atomic E-state index is -0.580. The van der Waals surface area contributed by atoms with Gasteiger partial charge in [-0.15, -0.1) is 0 Å². The Kier molecular flexibility index (Phi) is 9.72. The fraction of sp³-hybridized carbons (Fsp3) is 0.391. The van der Waals surface area contributed by atoms with E-state index < -0.39 is 6.09 Å². The molecule has 0 saturated carbocycles. The highest BCUT2D eigenvalue weighted by molar-refractivity contribution is 5.82. The number of rotatable bonds is 11. The first kappa shape index (κ1) is 22.4. The molecule has 0 bridgehead atoms. The molecule has 2 amide bonds. The van der Waals surface area contributed by atoms with Crippen LogP contribution in [-0.4, -0.2) is 45.3 Å². The lowest BCUT2D eigenvalue weighted by molar-refractivity contribution is -0.120. The van der Waals surface area contributed by atoms with Gasteiger partial charge in [0.2, 0.25) is 5.91 Å². The number of hydrogen-bond acceptors (Lipinski definition) is 4. The van der Waals surface area contributed by atoms with E-state index >= 15 is 0 Å². The van der Waals surface area contributed by atoms with Crippen LogP contribution in [-0.2, 0) is 16.0 Å². The number of unbranched alkanes of at least 4 members (excludes halogenated alkanes) is 1. The average molecular weight is 398 g/mol. The highest BCUT2D eigenvalue weighted by Gasteiger charge is 2.09. The predicted octanol–water partition coefficient (Wildman–Crippen LogP) is 3.05. The molecule has 2 aromatic rings. The second-order valence-electron chi connectivity index (χ2n) is 6.87. The predicted molar refractivity (Wildman–Crippen MR) is 116 cm³/mol. The van der Waals surface area contributed by atoms with Gasteiger partial charge in [0.05, 0.1) is 13.2 Å². The minimum absolute atomic E-state index is 0.0787. The molecule has 0 saturated heterocycles. The summed E-state index contributed by atoms with van der Waals surface area (Å²) in [6.07, 6.45) is 1.92. The second-order valence-corrected chi connectivity index (χ2v) is 6.87. The molecule has 0 aliphatic heterocycles. The van der Waals surface area contributed by atoms with Gasteiger partial charge in [0.1, 0.15) is 0 Å². The number of benzene rings is 2. The zero-order valence-electron chi connectivity index (χ0n) is 17.3. The fourth-order valence-electron chi connectivity index (χ4n) is 3.05. The van der Waals surface area contributed by atoms with Gasteiger partial charge in [-0.05, 0) is 55.6 Å². The molecule has 0 unspecified atom stereocenters. The van der Waals surface area contributed by atoms with E-state index in [0.717, 1.165) is 30.5 Å². The number of alkyl carbamates (subject to hydrolysis) is 1. The number of aryl methyl sites for hydroxylation is 1. The van der Waals surface area contributed by atoms with Crippen LogP contribution in [0, 0.1) is 6.92 Å². The molecule has 0 atom stereocenters. The SMILES string of the molecule is CNCCCCNC(=O)CNC(=O)OCCc1ccccc1-c1ccccc1C. The second kappa shape index (κ2) is 12.6. The van der Waals surface area contributed by atoms with Crippen LogP contribution in [0.25, 0.3) is 11.1 Å². The molecular weight excluding hydrogens is 366 g/mol. The Morgan fingerprint density at radius 3 is 2.34 bits per heavy atom. The van der Waals surface area contributed by atoms with E-state index in [1.807, 2.05) is 37.4 Å². The smallest absolute Gasteiger partial charge is 0.407 e. The summed E-state index contributed by atoms with van der Waals surface area (Å²) in [7, 11) is 1.90. The van der Waals surface area contributed by atoms with Crippen molar-refractivity contribution in [2.75, 3.05) is 33.3 Å². The molecule has 0 aromatic heterocycles. The molecule has 2 rings (SSSR count). The Labute approximate surface area is 173 Å². The Morgan fingerprint density at radius 1 is 0.897 bits per heavy atom. The zero-order valence-corrected chi connectivity index (χ0v) is 17.3. The summed E-state index contributed by atoms with van der Waals surface area (Å²) in [5.74, 6) is -0.212. The van der Waals surface area contributed by atoms with Crippen LogP contribution >= 0.6 is 0 Å². The lowest BCUT2D eigenvalue weighted by Gasteiger charge is -2.12. The third kappa shape index (κ3) is 7.95. The van der Waals surface area contributed by atoms with Crippen molar-refractivity contribution < 1.29 is 14.3 Å². The molecule has 156 valence electrons. The van der Waals surface area contributed by atoms with Crippen molar-refractivity contribution >= 4 is 12.0 Å². The van der Waals surface area contributed by atoms with Gasteiger partial charge < -0.3 is 20.7 Å². The van der Waals surface area contributed by atoms with E-state index in [1.165, 1.54) is 11.1 Å². The van der Waals surface area contributed by atoms with Crippen molar-refractivity contribution in [2.24, 2.45) is 0 Å². The lowest BCUT2D eigenvalue weighted by Crippen LogP contribution is -2.37. The molecule has 6 nitrogen and oxygen atoms in total.